The molecule has 2 aromatic carbocycles. The number of hydrogen-bond donors (Lipinski definition) is 2. The number of anilines is 1. The second-order valence-corrected chi connectivity index (χ2v) is 6.96. The Morgan fingerprint density at radius 3 is 2.72 bits per heavy atom. The van der Waals surface area contributed by atoms with Crippen molar-refractivity contribution >= 4 is 28.3 Å². The highest BCUT2D eigenvalue weighted by Gasteiger charge is 2.29. The number of carbonyl (C=O) groups excluding carboxylic acids is 1. The maximum Gasteiger partial charge on any atom is 0.307 e. The van der Waals surface area contributed by atoms with Crippen molar-refractivity contribution in [1.29, 1.82) is 0 Å². The summed E-state index contributed by atoms with van der Waals surface area (Å²) in [5, 5.41) is 14.3. The molecule has 1 aliphatic rings. The Kier molecular flexibility index (Phi) is 5.34. The molecule has 2 atom stereocenters. The van der Waals surface area contributed by atoms with Crippen LogP contribution in [0.4, 0.5) is 5.69 Å². The molecule has 0 radical (unpaired) electrons. The van der Waals surface area contributed by atoms with Gasteiger partial charge < -0.3 is 15.3 Å². The lowest BCUT2D eigenvalue weighted by molar-refractivity contribution is -0.144. The van der Waals surface area contributed by atoms with E-state index in [9.17, 15) is 14.7 Å². The van der Waals surface area contributed by atoms with E-state index in [4.69, 9.17) is 0 Å². The van der Waals surface area contributed by atoms with Crippen molar-refractivity contribution in [2.24, 2.45) is 11.8 Å². The number of hydrogen-bond acceptors (Lipinski definition) is 3. The first-order chi connectivity index (χ1) is 12.0. The summed E-state index contributed by atoms with van der Waals surface area (Å²) in [4.78, 5) is 25.7. The van der Waals surface area contributed by atoms with E-state index in [1.165, 1.54) is 0 Å². The SMILES string of the molecule is CC1CC(C(=O)O)CN(CCC(=O)Nc2cccc3ccccc23)C1. The van der Waals surface area contributed by atoms with E-state index in [0.29, 0.717) is 31.8 Å². The fourth-order valence-electron chi connectivity index (χ4n) is 3.63. The standard InChI is InChI=1S/C20H24N2O3/c1-14-11-16(20(24)25)13-22(12-14)10-9-19(23)21-18-8-4-6-15-5-2-3-7-17(15)18/h2-8,14,16H,9-13H2,1H3,(H,21,23)(H,24,25). The highest BCUT2D eigenvalue weighted by Crippen LogP contribution is 2.24. The van der Waals surface area contributed by atoms with Gasteiger partial charge in [0, 0.05) is 37.1 Å². The predicted molar refractivity (Wildman–Crippen MR) is 98.5 cm³/mol. The molecule has 3 rings (SSSR count). The quantitative estimate of drug-likeness (QED) is 0.877. The summed E-state index contributed by atoms with van der Waals surface area (Å²) >= 11 is 0. The molecular formula is C20H24N2O3. The molecule has 5 nitrogen and oxygen atoms in total. The third-order valence-electron chi connectivity index (χ3n) is 4.80. The third kappa shape index (κ3) is 4.37. The minimum Gasteiger partial charge on any atom is -0.481 e. The van der Waals surface area contributed by atoms with E-state index in [1.54, 1.807) is 0 Å². The molecule has 1 saturated heterocycles. The van der Waals surface area contributed by atoms with E-state index in [2.05, 4.69) is 17.1 Å². The van der Waals surface area contributed by atoms with Gasteiger partial charge in [-0.2, -0.15) is 0 Å². The summed E-state index contributed by atoms with van der Waals surface area (Å²) in [6.45, 7) is 4.04. The van der Waals surface area contributed by atoms with Gasteiger partial charge in [-0.3, -0.25) is 9.59 Å². The lowest BCUT2D eigenvalue weighted by Crippen LogP contribution is -2.43. The number of piperidine rings is 1. The molecule has 2 aromatic rings. The van der Waals surface area contributed by atoms with Gasteiger partial charge >= 0.3 is 5.97 Å². The number of rotatable bonds is 5. The molecule has 2 unspecified atom stereocenters. The van der Waals surface area contributed by atoms with E-state index < -0.39 is 5.97 Å². The number of carbonyl (C=O) groups is 2. The number of nitrogens with zero attached hydrogens (tertiary/aromatic N) is 1. The van der Waals surface area contributed by atoms with E-state index in [-0.39, 0.29) is 11.8 Å². The van der Waals surface area contributed by atoms with Crippen molar-refractivity contribution < 1.29 is 14.7 Å². The van der Waals surface area contributed by atoms with E-state index in [0.717, 1.165) is 23.0 Å². The molecule has 5 heteroatoms. The van der Waals surface area contributed by atoms with Crippen LogP contribution in [0.15, 0.2) is 42.5 Å². The summed E-state index contributed by atoms with van der Waals surface area (Å²) in [7, 11) is 0. The Morgan fingerprint density at radius 2 is 1.92 bits per heavy atom. The predicted octanol–water partition coefficient (Wildman–Crippen LogP) is 3.21. The Balaban J connectivity index is 1.58. The van der Waals surface area contributed by atoms with Crippen LogP contribution in [0, 0.1) is 11.8 Å². The monoisotopic (exact) mass is 340 g/mol. The number of carboxylic acids is 1. The minimum atomic E-state index is -0.739. The minimum absolute atomic E-state index is 0.0403. The zero-order valence-corrected chi connectivity index (χ0v) is 14.4. The highest BCUT2D eigenvalue weighted by molar-refractivity contribution is 6.02. The first kappa shape index (κ1) is 17.4. The van der Waals surface area contributed by atoms with Crippen LogP contribution in [0.1, 0.15) is 19.8 Å². The average Bonchev–Trinajstić information content (AvgIpc) is 2.60. The molecule has 2 N–H and O–H groups in total. The summed E-state index contributed by atoms with van der Waals surface area (Å²) < 4.78 is 0. The summed E-state index contributed by atoms with van der Waals surface area (Å²) in [6.07, 6.45) is 1.08. The number of carboxylic acid groups (broad SMARTS) is 1. The van der Waals surface area contributed by atoms with Crippen LogP contribution in [-0.2, 0) is 9.59 Å². The molecule has 132 valence electrons. The molecule has 0 spiro atoms. The molecule has 1 amide bonds. The second-order valence-electron chi connectivity index (χ2n) is 6.96. The Morgan fingerprint density at radius 1 is 1.16 bits per heavy atom. The molecule has 0 aliphatic carbocycles. The number of benzene rings is 2. The van der Waals surface area contributed by atoms with Crippen molar-refractivity contribution in [3.8, 4) is 0 Å². The molecule has 0 saturated carbocycles. The number of amides is 1. The molecule has 0 bridgehead atoms. The number of fused-ring (bicyclic) bond motifs is 1. The van der Waals surface area contributed by atoms with Crippen LogP contribution in [0.25, 0.3) is 10.8 Å². The van der Waals surface area contributed by atoms with Gasteiger partial charge in [0.05, 0.1) is 5.92 Å². The topological polar surface area (TPSA) is 69.6 Å². The number of aliphatic carboxylic acids is 1. The van der Waals surface area contributed by atoms with Crippen molar-refractivity contribution in [3.63, 3.8) is 0 Å². The zero-order valence-electron chi connectivity index (χ0n) is 14.4. The number of likely N-dealkylation sites (tertiary alicyclic amines) is 1. The van der Waals surface area contributed by atoms with Gasteiger partial charge in [-0.15, -0.1) is 0 Å². The molecule has 25 heavy (non-hydrogen) atoms. The van der Waals surface area contributed by atoms with Crippen molar-refractivity contribution in [2.45, 2.75) is 19.8 Å². The highest BCUT2D eigenvalue weighted by atomic mass is 16.4. The zero-order chi connectivity index (χ0) is 17.8. The molecule has 0 aromatic heterocycles. The van der Waals surface area contributed by atoms with Crippen LogP contribution >= 0.6 is 0 Å². The number of nitrogens with one attached hydrogen (secondary N) is 1. The molecule has 1 aliphatic heterocycles. The normalized spacial score (nSPS) is 21.2. The molecular weight excluding hydrogens is 316 g/mol. The third-order valence-corrected chi connectivity index (χ3v) is 4.80. The second kappa shape index (κ2) is 7.66. The van der Waals surface area contributed by atoms with E-state index in [1.807, 2.05) is 42.5 Å². The summed E-state index contributed by atoms with van der Waals surface area (Å²) in [6, 6.07) is 13.8. The first-order valence-electron chi connectivity index (χ1n) is 8.75. The Bertz CT molecular complexity index is 769. The van der Waals surface area contributed by atoms with Crippen molar-refractivity contribution in [2.75, 3.05) is 25.0 Å². The van der Waals surface area contributed by atoms with Crippen molar-refractivity contribution in [3.05, 3.63) is 42.5 Å². The lowest BCUT2D eigenvalue weighted by Gasteiger charge is -2.34. The Hall–Kier alpha value is -2.40. The van der Waals surface area contributed by atoms with Gasteiger partial charge in [0.2, 0.25) is 5.91 Å². The fraction of sp³-hybridized carbons (Fsp3) is 0.400. The fourth-order valence-corrected chi connectivity index (χ4v) is 3.63. The van der Waals surface area contributed by atoms with Gasteiger partial charge in [0.15, 0.2) is 0 Å². The summed E-state index contributed by atoms with van der Waals surface area (Å²) in [5.41, 5.74) is 0.818. The van der Waals surface area contributed by atoms with Crippen LogP contribution in [-0.4, -0.2) is 41.5 Å². The smallest absolute Gasteiger partial charge is 0.307 e. The first-order valence-corrected chi connectivity index (χ1v) is 8.75. The van der Waals surface area contributed by atoms with Gasteiger partial charge in [-0.05, 0) is 23.8 Å². The summed E-state index contributed by atoms with van der Waals surface area (Å²) in [5.74, 6) is -0.765. The van der Waals surface area contributed by atoms with Crippen LogP contribution in [0.5, 0.6) is 0 Å². The Labute approximate surface area is 147 Å². The van der Waals surface area contributed by atoms with E-state index >= 15 is 0 Å². The van der Waals surface area contributed by atoms with Crippen LogP contribution in [0.3, 0.4) is 0 Å². The maximum absolute atomic E-state index is 12.3. The lowest BCUT2D eigenvalue weighted by atomic mass is 9.90. The van der Waals surface area contributed by atoms with Gasteiger partial charge in [0.1, 0.15) is 0 Å². The largest absolute Gasteiger partial charge is 0.481 e. The van der Waals surface area contributed by atoms with Crippen LogP contribution < -0.4 is 5.32 Å². The van der Waals surface area contributed by atoms with Crippen molar-refractivity contribution in [1.82, 2.24) is 4.90 Å². The average molecular weight is 340 g/mol. The molecule has 1 fully saturated rings. The van der Waals surface area contributed by atoms with Crippen LogP contribution in [0.2, 0.25) is 0 Å². The molecule has 1 heterocycles. The van der Waals surface area contributed by atoms with Gasteiger partial charge in [-0.1, -0.05) is 43.3 Å². The van der Waals surface area contributed by atoms with Gasteiger partial charge in [0.25, 0.3) is 0 Å². The van der Waals surface area contributed by atoms with Gasteiger partial charge in [-0.25, -0.2) is 0 Å². The maximum atomic E-state index is 12.3.